The Morgan fingerprint density at radius 1 is 0.726 bits per heavy atom. The van der Waals surface area contributed by atoms with Crippen LogP contribution in [0, 0.1) is 13.8 Å². The zero-order chi connectivity index (χ0) is 54.1. The molecule has 0 amide bonds. The molecule has 0 spiro atoms. The van der Waals surface area contributed by atoms with Crippen LogP contribution >= 0.6 is 23.1 Å². The van der Waals surface area contributed by atoms with Crippen LogP contribution < -0.4 is 4.74 Å². The highest BCUT2D eigenvalue weighted by molar-refractivity contribution is 8.01. The molecule has 0 bridgehead atoms. The van der Waals surface area contributed by atoms with Crippen molar-refractivity contribution in [3.8, 4) is 23.1 Å². The average molecular weight is 1150 g/mol. The van der Waals surface area contributed by atoms with E-state index in [1.807, 2.05) is 0 Å². The summed E-state index contributed by atoms with van der Waals surface area (Å²) in [5.74, 6) is -1.55. The molecule has 4 aromatic carbocycles. The smallest absolute Gasteiger partial charge is 0.425 e. The van der Waals surface area contributed by atoms with Gasteiger partial charge in [0.25, 0.3) is 52.1 Å². The number of azo groups is 3. The van der Waals surface area contributed by atoms with Gasteiger partial charge in [-0.15, -0.1) is 53.5 Å². The number of ether oxygens (including phenoxy) is 2. The number of carbonyl (C=O) groups excluding carboxylic acids is 1. The third kappa shape index (κ3) is 15.6. The van der Waals surface area contributed by atoms with Crippen molar-refractivity contribution >= 4 is 125 Å². The molecule has 0 saturated carbocycles. The van der Waals surface area contributed by atoms with Crippen LogP contribution in [-0.4, -0.2) is 126 Å². The molecular weight excluding hydrogens is 1120 g/mol. The van der Waals surface area contributed by atoms with Crippen LogP contribution in [0.5, 0.6) is 17.4 Å². The third-order valence-corrected chi connectivity index (χ3v) is 14.5. The Kier molecular flexibility index (Phi) is 18.6. The van der Waals surface area contributed by atoms with Crippen LogP contribution in [0.15, 0.2) is 104 Å². The number of rotatable bonds is 21. The number of hydrogen-bond donors (Lipinski definition) is 6. The van der Waals surface area contributed by atoms with Crippen molar-refractivity contribution in [2.75, 3.05) is 24.7 Å². The highest BCUT2D eigenvalue weighted by Gasteiger charge is 2.27. The van der Waals surface area contributed by atoms with Crippen molar-refractivity contribution in [3.05, 3.63) is 65.9 Å². The van der Waals surface area contributed by atoms with Gasteiger partial charge < -0.3 is 19.7 Å². The SMILES string of the molecule is Cc1cc(N=Nc2ccc3c(S(=O)(=O)O)c(N=Nc4c(C)nn(-c5ccc(S(=O)(=O)O)cc5S(=O)(=O)O)c4O)ccc3c2O)c(OCCCS(=O)(=O)O)cc1N=Nc1nnc(SCCCOC=O)s1.O=S(=O)=O. The predicted molar refractivity (Wildman–Crippen MR) is 252 cm³/mol. The predicted octanol–water partition coefficient (Wildman–Crippen LogP) is 6.20. The summed E-state index contributed by atoms with van der Waals surface area (Å²) in [6, 6.07) is 9.39. The first-order valence-corrected chi connectivity index (χ1v) is 28.2. The second kappa shape index (κ2) is 23.8. The van der Waals surface area contributed by atoms with E-state index in [1.54, 1.807) is 6.92 Å². The first-order valence-electron chi connectivity index (χ1n) is 19.5. The molecule has 37 heteroatoms. The van der Waals surface area contributed by atoms with Gasteiger partial charge in [0.05, 0.1) is 40.9 Å². The number of benzene rings is 4. The summed E-state index contributed by atoms with van der Waals surface area (Å²) in [6.07, 6.45) is 0.460. The lowest BCUT2D eigenvalue weighted by Gasteiger charge is -2.11. The molecule has 0 aliphatic carbocycles. The summed E-state index contributed by atoms with van der Waals surface area (Å²) < 4.78 is 171. The van der Waals surface area contributed by atoms with E-state index >= 15 is 0 Å². The van der Waals surface area contributed by atoms with Gasteiger partial charge in [-0.25, -0.2) is 0 Å². The summed E-state index contributed by atoms with van der Waals surface area (Å²) in [7, 11) is -22.8. The fourth-order valence-corrected chi connectivity index (χ4v) is 10.2. The Hall–Kier alpha value is -6.81. The number of aromatic nitrogens is 4. The van der Waals surface area contributed by atoms with Gasteiger partial charge in [0, 0.05) is 22.6 Å². The highest BCUT2D eigenvalue weighted by Crippen LogP contribution is 2.44. The van der Waals surface area contributed by atoms with Crippen molar-refractivity contribution in [1.82, 2.24) is 20.0 Å². The quantitative estimate of drug-likeness (QED) is 0.0153. The number of fused-ring (bicyclic) bond motifs is 1. The monoisotopic (exact) mass is 1150 g/mol. The number of phenolic OH excluding ortho intramolecular Hbond substituents is 1. The molecule has 0 atom stereocenters. The molecule has 0 saturated heterocycles. The molecule has 2 aromatic heterocycles. The van der Waals surface area contributed by atoms with Crippen LogP contribution in [0.25, 0.3) is 16.5 Å². The maximum atomic E-state index is 12.8. The first kappa shape index (κ1) is 57.1. The van der Waals surface area contributed by atoms with E-state index < -0.39 is 100 Å². The molecule has 0 radical (unpaired) electrons. The minimum absolute atomic E-state index is 0.0179. The summed E-state index contributed by atoms with van der Waals surface area (Å²) >= 11 is 2.53. The normalized spacial score (nSPS) is 12.4. The van der Waals surface area contributed by atoms with Crippen molar-refractivity contribution < 1.29 is 89.0 Å². The van der Waals surface area contributed by atoms with Gasteiger partial charge in [-0.3, -0.25) is 23.0 Å². The second-order valence-electron chi connectivity index (χ2n) is 14.1. The van der Waals surface area contributed by atoms with Crippen LogP contribution in [0.1, 0.15) is 24.1 Å². The van der Waals surface area contributed by atoms with E-state index in [4.69, 9.17) is 17.4 Å². The molecule has 6 N–H and O–H groups in total. The van der Waals surface area contributed by atoms with Gasteiger partial charge in [0.1, 0.15) is 32.6 Å². The molecule has 73 heavy (non-hydrogen) atoms. The number of hydrogen-bond acceptors (Lipinski definition) is 27. The fourth-order valence-electron chi connectivity index (χ4n) is 5.94. The van der Waals surface area contributed by atoms with E-state index in [0.717, 1.165) is 41.7 Å². The lowest BCUT2D eigenvalue weighted by atomic mass is 10.1. The zero-order valence-corrected chi connectivity index (χ0v) is 42.5. The van der Waals surface area contributed by atoms with Crippen LogP contribution in [0.4, 0.5) is 33.6 Å². The summed E-state index contributed by atoms with van der Waals surface area (Å²) in [5, 5.41) is 58.5. The summed E-state index contributed by atoms with van der Waals surface area (Å²) in [5.41, 5.74) is -1.19. The van der Waals surface area contributed by atoms with Gasteiger partial charge in [-0.1, -0.05) is 29.2 Å². The molecular formula is C36H34N10O20S7. The lowest BCUT2D eigenvalue weighted by Crippen LogP contribution is -2.09. The van der Waals surface area contributed by atoms with Gasteiger partial charge >= 0.3 is 10.6 Å². The average Bonchev–Trinajstić information content (AvgIpc) is 3.86. The van der Waals surface area contributed by atoms with E-state index in [1.165, 1.54) is 36.9 Å². The summed E-state index contributed by atoms with van der Waals surface area (Å²) in [6.45, 7) is 3.31. The van der Waals surface area contributed by atoms with E-state index in [9.17, 15) is 66.9 Å². The number of carbonyl (C=O) groups is 1. The van der Waals surface area contributed by atoms with Crippen LogP contribution in [0.2, 0.25) is 0 Å². The largest absolute Gasteiger partial charge is 0.505 e. The van der Waals surface area contributed by atoms with Gasteiger partial charge in [-0.05, 0) is 74.7 Å². The number of aromatic hydroxyl groups is 2. The molecule has 0 aliphatic heterocycles. The highest BCUT2D eigenvalue weighted by atomic mass is 32.2. The number of nitrogens with zero attached hydrogens (tertiary/aromatic N) is 10. The van der Waals surface area contributed by atoms with Crippen LogP contribution in [-0.2, 0) is 60.6 Å². The summed E-state index contributed by atoms with van der Waals surface area (Å²) in [4.78, 5) is 7.44. The molecule has 6 aromatic rings. The maximum absolute atomic E-state index is 12.8. The zero-order valence-electron chi connectivity index (χ0n) is 36.7. The van der Waals surface area contributed by atoms with Gasteiger partial charge in [0.15, 0.2) is 15.8 Å². The molecule has 0 aliphatic rings. The van der Waals surface area contributed by atoms with Gasteiger partial charge in [-0.2, -0.15) is 43.5 Å². The minimum atomic E-state index is -5.21. The van der Waals surface area contributed by atoms with Crippen molar-refractivity contribution in [2.24, 2.45) is 30.7 Å². The third-order valence-electron chi connectivity index (χ3n) is 9.02. The fraction of sp³-hybridized carbons (Fsp3) is 0.222. The van der Waals surface area contributed by atoms with E-state index in [-0.39, 0.29) is 64.0 Å². The molecule has 2 heterocycles. The van der Waals surface area contributed by atoms with Crippen molar-refractivity contribution in [1.29, 1.82) is 0 Å². The number of aryl methyl sites for hydroxylation is 2. The minimum Gasteiger partial charge on any atom is -0.505 e. The number of phenols is 1. The van der Waals surface area contributed by atoms with Crippen molar-refractivity contribution in [2.45, 2.75) is 45.7 Å². The molecule has 0 fully saturated rings. The second-order valence-corrected chi connectivity index (χ2v) is 22.5. The number of thioether (sulfide) groups is 1. The Balaban J connectivity index is 0.00000238. The lowest BCUT2D eigenvalue weighted by molar-refractivity contribution is -0.128. The Bertz CT molecular complexity index is 3770. The van der Waals surface area contributed by atoms with Gasteiger partial charge in [0.2, 0.25) is 5.88 Å². The standard InChI is InChI=1S/C36H34N10O17S6.O3S/c1-19-15-27(29(63-12-4-14-66(50,51)52)17-26(19)39-42-35-43-44-36(65-35)64-13-3-11-62-18-47)40-37-24-8-7-23-22(32(24)48)6-9-25(33(23)69(59,60)61)38-41-31-20(2)45-46(34(31)49)28-10-5-21(67(53,54)55)16-30(28)68(56,57)58;1-4(2)3/h5-10,15-18,48-49H,3-4,11-14H2,1-2H3,(H,50,51,52)(H,53,54,55)(H,56,57,58)(H,59,60,61);. The van der Waals surface area contributed by atoms with Crippen molar-refractivity contribution in [3.63, 3.8) is 0 Å². The molecule has 6 rings (SSSR count). The first-order chi connectivity index (χ1) is 34.1. The Morgan fingerprint density at radius 2 is 1.37 bits per heavy atom. The van der Waals surface area contributed by atoms with E-state index in [0.29, 0.717) is 39.3 Å². The Labute approximate surface area is 421 Å². The topological polar surface area (TPSA) is 462 Å². The Morgan fingerprint density at radius 3 is 2.01 bits per heavy atom. The van der Waals surface area contributed by atoms with E-state index in [2.05, 4.69) is 50.7 Å². The molecule has 390 valence electrons. The molecule has 30 nitrogen and oxygen atoms in total. The molecule has 0 unspecified atom stereocenters. The van der Waals surface area contributed by atoms with Crippen LogP contribution in [0.3, 0.4) is 0 Å². The maximum Gasteiger partial charge on any atom is 0.425 e.